The van der Waals surface area contributed by atoms with E-state index in [4.69, 9.17) is 0 Å². The lowest BCUT2D eigenvalue weighted by Gasteiger charge is -2.35. The second-order valence-corrected chi connectivity index (χ2v) is 8.37. The van der Waals surface area contributed by atoms with Gasteiger partial charge in [0.2, 0.25) is 11.8 Å². The molecule has 1 N–H and O–H groups in total. The Labute approximate surface area is 139 Å². The van der Waals surface area contributed by atoms with Crippen LogP contribution in [0.15, 0.2) is 0 Å². The number of carbonyl (C=O) groups is 2. The van der Waals surface area contributed by atoms with Gasteiger partial charge in [-0.05, 0) is 63.2 Å². The highest BCUT2D eigenvalue weighted by Gasteiger charge is 2.38. The van der Waals surface area contributed by atoms with Crippen molar-refractivity contribution in [1.29, 1.82) is 0 Å². The molecule has 2 amide bonds. The van der Waals surface area contributed by atoms with E-state index in [2.05, 4.69) is 5.32 Å². The third kappa shape index (κ3) is 3.72. The maximum absolute atomic E-state index is 12.7. The van der Waals surface area contributed by atoms with Crippen LogP contribution in [0.1, 0.15) is 64.2 Å². The summed E-state index contributed by atoms with van der Waals surface area (Å²) in [4.78, 5) is 26.9. The number of hydrogen-bond donors (Lipinski definition) is 1. The predicted octanol–water partition coefficient (Wildman–Crippen LogP) is 2.72. The Morgan fingerprint density at radius 2 is 1.65 bits per heavy atom. The number of carbonyl (C=O) groups excluding carboxylic acids is 2. The van der Waals surface area contributed by atoms with Gasteiger partial charge in [0.1, 0.15) is 0 Å². The van der Waals surface area contributed by atoms with Gasteiger partial charge in [-0.3, -0.25) is 9.59 Å². The molecular formula is C19H30N2O2. The molecule has 0 bridgehead atoms. The van der Waals surface area contributed by atoms with E-state index in [1.807, 2.05) is 4.90 Å². The van der Waals surface area contributed by atoms with E-state index in [1.54, 1.807) is 0 Å². The largest absolute Gasteiger partial charge is 0.353 e. The van der Waals surface area contributed by atoms with Crippen LogP contribution in [0.2, 0.25) is 0 Å². The van der Waals surface area contributed by atoms with Gasteiger partial charge < -0.3 is 10.2 Å². The zero-order valence-corrected chi connectivity index (χ0v) is 14.1. The van der Waals surface area contributed by atoms with E-state index in [-0.39, 0.29) is 17.7 Å². The number of nitrogens with zero attached hydrogens (tertiary/aromatic N) is 1. The lowest BCUT2D eigenvalue weighted by Crippen LogP contribution is -2.48. The lowest BCUT2D eigenvalue weighted by atomic mass is 9.82. The van der Waals surface area contributed by atoms with Gasteiger partial charge >= 0.3 is 0 Å². The molecule has 4 heteroatoms. The van der Waals surface area contributed by atoms with Gasteiger partial charge in [-0.25, -0.2) is 0 Å². The van der Waals surface area contributed by atoms with E-state index < -0.39 is 0 Å². The molecule has 0 radical (unpaired) electrons. The van der Waals surface area contributed by atoms with E-state index in [0.717, 1.165) is 50.5 Å². The molecule has 0 aromatic heterocycles. The van der Waals surface area contributed by atoms with Gasteiger partial charge in [0.05, 0.1) is 5.92 Å². The molecule has 4 fully saturated rings. The van der Waals surface area contributed by atoms with E-state index in [0.29, 0.717) is 18.5 Å². The van der Waals surface area contributed by atoms with E-state index >= 15 is 0 Å². The predicted molar refractivity (Wildman–Crippen MR) is 88.6 cm³/mol. The van der Waals surface area contributed by atoms with E-state index in [9.17, 15) is 9.59 Å². The molecule has 128 valence electrons. The third-order valence-corrected chi connectivity index (χ3v) is 6.38. The maximum atomic E-state index is 12.7. The standard InChI is InChI=1S/C19H30N2O2/c22-18(20-17-5-1-3-15(11-17)13-6-7-13)16-4-2-10-21(12-16)19(23)14-8-9-14/h13-17H,1-12H2,(H,20,22). The number of amides is 2. The Morgan fingerprint density at radius 3 is 2.39 bits per heavy atom. The summed E-state index contributed by atoms with van der Waals surface area (Å²) in [7, 11) is 0. The summed E-state index contributed by atoms with van der Waals surface area (Å²) in [6, 6.07) is 0.386. The summed E-state index contributed by atoms with van der Waals surface area (Å²) < 4.78 is 0. The average Bonchev–Trinajstić information content (AvgIpc) is 3.47. The van der Waals surface area contributed by atoms with Crippen molar-refractivity contribution in [1.82, 2.24) is 10.2 Å². The fourth-order valence-corrected chi connectivity index (χ4v) is 4.65. The molecule has 1 heterocycles. The molecule has 3 atom stereocenters. The highest BCUT2D eigenvalue weighted by molar-refractivity contribution is 5.83. The summed E-state index contributed by atoms with van der Waals surface area (Å²) in [5.41, 5.74) is 0. The minimum absolute atomic E-state index is 0.0211. The number of hydrogen-bond acceptors (Lipinski definition) is 2. The molecule has 4 nitrogen and oxygen atoms in total. The average molecular weight is 318 g/mol. The molecular weight excluding hydrogens is 288 g/mol. The van der Waals surface area contributed by atoms with Crippen molar-refractivity contribution in [2.24, 2.45) is 23.7 Å². The van der Waals surface area contributed by atoms with Crippen molar-refractivity contribution in [3.05, 3.63) is 0 Å². The van der Waals surface area contributed by atoms with Crippen molar-refractivity contribution < 1.29 is 9.59 Å². The molecule has 23 heavy (non-hydrogen) atoms. The number of rotatable bonds is 4. The Balaban J connectivity index is 1.28. The first-order chi connectivity index (χ1) is 11.2. The van der Waals surface area contributed by atoms with Gasteiger partial charge in [-0.1, -0.05) is 12.8 Å². The normalized spacial score (nSPS) is 35.0. The monoisotopic (exact) mass is 318 g/mol. The molecule has 1 aliphatic heterocycles. The minimum atomic E-state index is 0.0211. The number of likely N-dealkylation sites (tertiary alicyclic amines) is 1. The highest BCUT2D eigenvalue weighted by atomic mass is 16.2. The van der Waals surface area contributed by atoms with Gasteiger partial charge in [0.25, 0.3) is 0 Å². The van der Waals surface area contributed by atoms with Crippen molar-refractivity contribution in [2.75, 3.05) is 13.1 Å². The zero-order valence-electron chi connectivity index (χ0n) is 14.1. The Bertz CT molecular complexity index is 470. The minimum Gasteiger partial charge on any atom is -0.353 e. The number of piperidine rings is 1. The molecule has 0 spiro atoms. The fraction of sp³-hybridized carbons (Fsp3) is 0.895. The SMILES string of the molecule is O=C(NC1CCCC(C2CC2)C1)C1CCCN(C(=O)C2CC2)C1. The number of nitrogens with one attached hydrogen (secondary N) is 1. The second kappa shape index (κ2) is 6.45. The molecule has 1 saturated heterocycles. The smallest absolute Gasteiger partial charge is 0.225 e. The van der Waals surface area contributed by atoms with Crippen molar-refractivity contribution in [3.8, 4) is 0 Å². The van der Waals surface area contributed by atoms with E-state index in [1.165, 1.54) is 32.1 Å². The van der Waals surface area contributed by atoms with Crippen molar-refractivity contribution in [2.45, 2.75) is 70.3 Å². The van der Waals surface area contributed by atoms with Gasteiger partial charge in [0, 0.05) is 25.0 Å². The third-order valence-electron chi connectivity index (χ3n) is 6.38. The molecule has 4 aliphatic rings. The Kier molecular flexibility index (Phi) is 4.33. The second-order valence-electron chi connectivity index (χ2n) is 8.37. The first-order valence-electron chi connectivity index (χ1n) is 9.80. The molecule has 3 saturated carbocycles. The molecule has 3 aliphatic carbocycles. The fourth-order valence-electron chi connectivity index (χ4n) is 4.65. The summed E-state index contributed by atoms with van der Waals surface area (Å²) in [5, 5.41) is 3.33. The van der Waals surface area contributed by atoms with Crippen LogP contribution in [0.25, 0.3) is 0 Å². The topological polar surface area (TPSA) is 49.4 Å². The van der Waals surface area contributed by atoms with Gasteiger partial charge in [0.15, 0.2) is 0 Å². The molecule has 0 aromatic rings. The van der Waals surface area contributed by atoms with Gasteiger partial charge in [-0.15, -0.1) is 0 Å². The van der Waals surface area contributed by atoms with Gasteiger partial charge in [-0.2, -0.15) is 0 Å². The maximum Gasteiger partial charge on any atom is 0.225 e. The van der Waals surface area contributed by atoms with Crippen LogP contribution < -0.4 is 5.32 Å². The quantitative estimate of drug-likeness (QED) is 0.866. The van der Waals surface area contributed by atoms with Crippen molar-refractivity contribution >= 4 is 11.8 Å². The van der Waals surface area contributed by atoms with Crippen LogP contribution in [0.5, 0.6) is 0 Å². The van der Waals surface area contributed by atoms with Crippen LogP contribution in [0.3, 0.4) is 0 Å². The summed E-state index contributed by atoms with van der Waals surface area (Å²) in [6.07, 6.45) is 11.8. The first-order valence-corrected chi connectivity index (χ1v) is 9.80. The Morgan fingerprint density at radius 1 is 0.826 bits per heavy atom. The summed E-state index contributed by atoms with van der Waals surface area (Å²) in [5.74, 6) is 2.61. The van der Waals surface area contributed by atoms with Crippen LogP contribution >= 0.6 is 0 Å². The first kappa shape index (κ1) is 15.5. The molecule has 0 aromatic carbocycles. The van der Waals surface area contributed by atoms with Crippen LogP contribution in [0, 0.1) is 23.7 Å². The summed E-state index contributed by atoms with van der Waals surface area (Å²) in [6.45, 7) is 1.51. The summed E-state index contributed by atoms with van der Waals surface area (Å²) >= 11 is 0. The highest BCUT2D eigenvalue weighted by Crippen LogP contribution is 2.44. The zero-order chi connectivity index (χ0) is 15.8. The Hall–Kier alpha value is -1.06. The van der Waals surface area contributed by atoms with Crippen LogP contribution in [-0.4, -0.2) is 35.8 Å². The molecule has 4 rings (SSSR count). The molecule has 3 unspecified atom stereocenters. The van der Waals surface area contributed by atoms with Crippen LogP contribution in [-0.2, 0) is 9.59 Å². The van der Waals surface area contributed by atoms with Crippen LogP contribution in [0.4, 0.5) is 0 Å². The van der Waals surface area contributed by atoms with Crippen molar-refractivity contribution in [3.63, 3.8) is 0 Å². The lowest BCUT2D eigenvalue weighted by molar-refractivity contribution is -0.137.